The largest absolute Gasteiger partial charge is 0.439 e. The normalized spacial score (nSPS) is 12.6. The second-order valence-corrected chi connectivity index (χ2v) is 3.37. The Morgan fingerprint density at radius 2 is 2.29 bits per heavy atom. The standard InChI is InChI=1S/C11H10N2O/c1-7-3-4-9-10(5-7)14-11(13-9)8(2)6-12/h3-5,8H,1-2H3. The van der Waals surface area contributed by atoms with Crippen LogP contribution in [0.2, 0.25) is 0 Å². The van der Waals surface area contributed by atoms with Crippen LogP contribution in [0.5, 0.6) is 0 Å². The second kappa shape index (κ2) is 3.15. The van der Waals surface area contributed by atoms with Crippen molar-refractivity contribution >= 4 is 11.1 Å². The SMILES string of the molecule is Cc1ccc2nc(C(C)C#N)oc2c1. The molecule has 1 heterocycles. The quantitative estimate of drug-likeness (QED) is 0.688. The van der Waals surface area contributed by atoms with Gasteiger partial charge in [-0.15, -0.1) is 0 Å². The highest BCUT2D eigenvalue weighted by Crippen LogP contribution is 2.21. The van der Waals surface area contributed by atoms with E-state index in [1.165, 1.54) is 0 Å². The van der Waals surface area contributed by atoms with Crippen LogP contribution in [0, 0.1) is 18.3 Å². The summed E-state index contributed by atoms with van der Waals surface area (Å²) in [5.41, 5.74) is 2.69. The molecule has 0 N–H and O–H groups in total. The molecular formula is C11H10N2O. The predicted octanol–water partition coefficient (Wildman–Crippen LogP) is 2.76. The third kappa shape index (κ3) is 1.35. The highest BCUT2D eigenvalue weighted by atomic mass is 16.3. The van der Waals surface area contributed by atoms with E-state index in [4.69, 9.17) is 9.68 Å². The van der Waals surface area contributed by atoms with Gasteiger partial charge in [-0.25, -0.2) is 4.98 Å². The fraction of sp³-hybridized carbons (Fsp3) is 0.273. The number of nitriles is 1. The van der Waals surface area contributed by atoms with Crippen molar-refractivity contribution in [3.8, 4) is 6.07 Å². The minimum atomic E-state index is -0.289. The monoisotopic (exact) mass is 186 g/mol. The van der Waals surface area contributed by atoms with Gasteiger partial charge >= 0.3 is 0 Å². The van der Waals surface area contributed by atoms with Gasteiger partial charge in [0.15, 0.2) is 5.58 Å². The molecule has 1 unspecified atom stereocenters. The molecule has 1 aromatic heterocycles. The van der Waals surface area contributed by atoms with Crippen LogP contribution in [0.15, 0.2) is 22.6 Å². The Morgan fingerprint density at radius 3 is 3.00 bits per heavy atom. The summed E-state index contributed by atoms with van der Waals surface area (Å²) < 4.78 is 5.47. The molecular weight excluding hydrogens is 176 g/mol. The summed E-state index contributed by atoms with van der Waals surface area (Å²) >= 11 is 0. The van der Waals surface area contributed by atoms with Crippen LogP contribution in [0.4, 0.5) is 0 Å². The topological polar surface area (TPSA) is 49.8 Å². The molecule has 2 rings (SSSR count). The van der Waals surface area contributed by atoms with Gasteiger partial charge < -0.3 is 4.42 Å². The number of nitrogens with zero attached hydrogens (tertiary/aromatic N) is 2. The van der Waals surface area contributed by atoms with Crippen molar-refractivity contribution in [3.05, 3.63) is 29.7 Å². The molecule has 70 valence electrons. The number of aromatic nitrogens is 1. The van der Waals surface area contributed by atoms with Crippen LogP contribution in [-0.4, -0.2) is 4.98 Å². The van der Waals surface area contributed by atoms with Crippen molar-refractivity contribution in [2.75, 3.05) is 0 Å². The van der Waals surface area contributed by atoms with E-state index >= 15 is 0 Å². The molecule has 1 aromatic carbocycles. The molecule has 2 aromatic rings. The van der Waals surface area contributed by atoms with Crippen molar-refractivity contribution in [2.45, 2.75) is 19.8 Å². The lowest BCUT2D eigenvalue weighted by molar-refractivity contribution is 0.520. The van der Waals surface area contributed by atoms with Crippen molar-refractivity contribution in [1.82, 2.24) is 4.98 Å². The molecule has 0 aliphatic rings. The number of hydrogen-bond donors (Lipinski definition) is 0. The van der Waals surface area contributed by atoms with E-state index in [1.807, 2.05) is 25.1 Å². The van der Waals surface area contributed by atoms with Gasteiger partial charge in [-0.3, -0.25) is 0 Å². The zero-order chi connectivity index (χ0) is 10.1. The third-order valence-corrected chi connectivity index (χ3v) is 2.12. The number of fused-ring (bicyclic) bond motifs is 1. The Kier molecular flexibility index (Phi) is 1.97. The first kappa shape index (κ1) is 8.76. The number of rotatable bonds is 1. The fourth-order valence-electron chi connectivity index (χ4n) is 1.29. The third-order valence-electron chi connectivity index (χ3n) is 2.12. The molecule has 0 aliphatic carbocycles. The summed E-state index contributed by atoms with van der Waals surface area (Å²) in [6.45, 7) is 3.77. The molecule has 0 radical (unpaired) electrons. The maximum absolute atomic E-state index is 8.72. The van der Waals surface area contributed by atoms with Gasteiger partial charge in [-0.1, -0.05) is 6.07 Å². The van der Waals surface area contributed by atoms with Crippen LogP contribution in [0.1, 0.15) is 24.3 Å². The highest BCUT2D eigenvalue weighted by Gasteiger charge is 2.12. The van der Waals surface area contributed by atoms with Gasteiger partial charge in [0, 0.05) is 0 Å². The van der Waals surface area contributed by atoms with Gasteiger partial charge in [-0.05, 0) is 31.5 Å². The Bertz CT molecular complexity index is 507. The van der Waals surface area contributed by atoms with Crippen LogP contribution < -0.4 is 0 Å². The van der Waals surface area contributed by atoms with Gasteiger partial charge in [0.25, 0.3) is 0 Å². The summed E-state index contributed by atoms with van der Waals surface area (Å²) in [6.07, 6.45) is 0. The zero-order valence-corrected chi connectivity index (χ0v) is 8.11. The minimum absolute atomic E-state index is 0.289. The Morgan fingerprint density at radius 1 is 1.50 bits per heavy atom. The number of oxazole rings is 1. The molecule has 0 fully saturated rings. The lowest BCUT2D eigenvalue weighted by Crippen LogP contribution is -1.87. The van der Waals surface area contributed by atoms with E-state index < -0.39 is 0 Å². The molecule has 0 saturated carbocycles. The van der Waals surface area contributed by atoms with Gasteiger partial charge in [0.2, 0.25) is 5.89 Å². The Balaban J connectivity index is 2.58. The second-order valence-electron chi connectivity index (χ2n) is 3.37. The Hall–Kier alpha value is -1.82. The minimum Gasteiger partial charge on any atom is -0.439 e. The van der Waals surface area contributed by atoms with E-state index in [0.717, 1.165) is 16.7 Å². The maximum Gasteiger partial charge on any atom is 0.212 e. The fourth-order valence-corrected chi connectivity index (χ4v) is 1.29. The molecule has 0 saturated heterocycles. The maximum atomic E-state index is 8.72. The Labute approximate surface area is 82.0 Å². The number of hydrogen-bond acceptors (Lipinski definition) is 3. The van der Waals surface area contributed by atoms with E-state index in [1.54, 1.807) is 6.92 Å². The number of benzene rings is 1. The molecule has 0 spiro atoms. The van der Waals surface area contributed by atoms with Crippen molar-refractivity contribution in [3.63, 3.8) is 0 Å². The molecule has 1 atom stereocenters. The van der Waals surface area contributed by atoms with Crippen molar-refractivity contribution in [1.29, 1.82) is 5.26 Å². The van der Waals surface area contributed by atoms with E-state index in [2.05, 4.69) is 11.1 Å². The summed E-state index contributed by atoms with van der Waals surface area (Å²) in [5.74, 6) is 0.204. The van der Waals surface area contributed by atoms with Crippen LogP contribution >= 0.6 is 0 Å². The summed E-state index contributed by atoms with van der Waals surface area (Å²) in [6, 6.07) is 7.91. The van der Waals surface area contributed by atoms with E-state index in [-0.39, 0.29) is 5.92 Å². The average Bonchev–Trinajstić information content (AvgIpc) is 2.59. The molecule has 14 heavy (non-hydrogen) atoms. The lowest BCUT2D eigenvalue weighted by atomic mass is 10.2. The predicted molar refractivity (Wildman–Crippen MR) is 52.8 cm³/mol. The molecule has 3 heteroatoms. The van der Waals surface area contributed by atoms with Crippen molar-refractivity contribution < 1.29 is 4.42 Å². The van der Waals surface area contributed by atoms with Crippen LogP contribution in [0.25, 0.3) is 11.1 Å². The summed E-state index contributed by atoms with van der Waals surface area (Å²) in [7, 11) is 0. The first-order valence-corrected chi connectivity index (χ1v) is 4.47. The smallest absolute Gasteiger partial charge is 0.212 e. The van der Waals surface area contributed by atoms with Gasteiger partial charge in [0.1, 0.15) is 11.4 Å². The zero-order valence-electron chi connectivity index (χ0n) is 8.11. The van der Waals surface area contributed by atoms with Crippen LogP contribution in [0.3, 0.4) is 0 Å². The summed E-state index contributed by atoms with van der Waals surface area (Å²) in [5, 5.41) is 8.72. The first-order valence-electron chi connectivity index (χ1n) is 4.47. The average molecular weight is 186 g/mol. The molecule has 0 amide bonds. The molecule has 0 bridgehead atoms. The van der Waals surface area contributed by atoms with E-state index in [0.29, 0.717) is 5.89 Å². The van der Waals surface area contributed by atoms with Crippen LogP contribution in [-0.2, 0) is 0 Å². The first-order chi connectivity index (χ1) is 6.70. The lowest BCUT2D eigenvalue weighted by Gasteiger charge is -1.91. The van der Waals surface area contributed by atoms with Gasteiger partial charge in [-0.2, -0.15) is 5.26 Å². The highest BCUT2D eigenvalue weighted by molar-refractivity contribution is 5.73. The molecule has 3 nitrogen and oxygen atoms in total. The molecule has 0 aliphatic heterocycles. The summed E-state index contributed by atoms with van der Waals surface area (Å²) in [4.78, 5) is 4.24. The number of aryl methyl sites for hydroxylation is 1. The van der Waals surface area contributed by atoms with E-state index in [9.17, 15) is 0 Å². The van der Waals surface area contributed by atoms with Crippen molar-refractivity contribution in [2.24, 2.45) is 0 Å². The van der Waals surface area contributed by atoms with Gasteiger partial charge in [0.05, 0.1) is 6.07 Å².